The molecule has 0 saturated carbocycles. The van der Waals surface area contributed by atoms with Gasteiger partial charge in [-0.05, 0) is 37.6 Å². The van der Waals surface area contributed by atoms with E-state index in [1.54, 1.807) is 6.07 Å². The van der Waals surface area contributed by atoms with Gasteiger partial charge in [0.2, 0.25) is 5.91 Å². The molecule has 1 saturated heterocycles. The fourth-order valence-electron chi connectivity index (χ4n) is 1.83. The minimum absolute atomic E-state index is 0. The van der Waals surface area contributed by atoms with Gasteiger partial charge >= 0.3 is 0 Å². The van der Waals surface area contributed by atoms with E-state index in [9.17, 15) is 9.90 Å². The van der Waals surface area contributed by atoms with Gasteiger partial charge in [-0.3, -0.25) is 4.79 Å². The van der Waals surface area contributed by atoms with Crippen LogP contribution in [-0.2, 0) is 4.79 Å². The van der Waals surface area contributed by atoms with E-state index in [1.165, 1.54) is 12.3 Å². The first-order valence-electron chi connectivity index (χ1n) is 5.40. The maximum Gasteiger partial charge on any atom is 0.225 e. The van der Waals surface area contributed by atoms with Gasteiger partial charge in [0.05, 0.1) is 0 Å². The van der Waals surface area contributed by atoms with E-state index in [0.717, 1.165) is 19.5 Å². The number of amides is 1. The second-order valence-electron chi connectivity index (χ2n) is 3.98. The van der Waals surface area contributed by atoms with Crippen LogP contribution in [0.25, 0.3) is 0 Å². The lowest BCUT2D eigenvalue weighted by atomic mass is 10.0. The molecule has 1 amide bonds. The lowest BCUT2D eigenvalue weighted by molar-refractivity contribution is -0.117. The largest absolute Gasteiger partial charge is 0.504 e. The average molecular weight is 258 g/mol. The summed E-state index contributed by atoms with van der Waals surface area (Å²) in [5.41, 5.74) is 0. The third-order valence-electron chi connectivity index (χ3n) is 2.68. The van der Waals surface area contributed by atoms with Crippen LogP contribution in [0.5, 0.6) is 5.75 Å². The molecule has 1 aliphatic heterocycles. The molecule has 6 heteroatoms. The van der Waals surface area contributed by atoms with E-state index in [4.69, 9.17) is 0 Å². The first-order valence-corrected chi connectivity index (χ1v) is 5.40. The van der Waals surface area contributed by atoms with Crippen molar-refractivity contribution >= 4 is 24.1 Å². The number of nitrogens with one attached hydrogen (secondary N) is 2. The lowest BCUT2D eigenvalue weighted by Gasteiger charge is -2.09. The standard InChI is InChI=1S/C11H15N3O2.ClH/c15-9-2-1-4-13-11(9)14-10(16)6-8-3-5-12-7-8;/h1-2,4,8,12,15H,3,5-7H2,(H,13,14,16);1H. The maximum atomic E-state index is 11.6. The second kappa shape index (κ2) is 6.42. The molecule has 1 aliphatic rings. The van der Waals surface area contributed by atoms with Gasteiger partial charge in [0.1, 0.15) is 0 Å². The average Bonchev–Trinajstić information content (AvgIpc) is 2.74. The van der Waals surface area contributed by atoms with Crippen molar-refractivity contribution in [2.75, 3.05) is 18.4 Å². The SMILES string of the molecule is Cl.O=C(CC1CCNC1)Nc1ncccc1O. The summed E-state index contributed by atoms with van der Waals surface area (Å²) in [5.74, 6) is 0.535. The third kappa shape index (κ3) is 3.87. The molecule has 5 nitrogen and oxygen atoms in total. The zero-order valence-electron chi connectivity index (χ0n) is 9.35. The molecule has 94 valence electrons. The molecular formula is C11H16ClN3O2. The molecule has 1 aromatic heterocycles. The molecule has 1 aromatic rings. The predicted molar refractivity (Wildman–Crippen MR) is 67.4 cm³/mol. The number of halogens is 1. The number of carbonyl (C=O) groups excluding carboxylic acids is 1. The van der Waals surface area contributed by atoms with Crippen LogP contribution < -0.4 is 10.6 Å². The number of rotatable bonds is 3. The third-order valence-corrected chi connectivity index (χ3v) is 2.68. The van der Waals surface area contributed by atoms with Crippen molar-refractivity contribution in [2.24, 2.45) is 5.92 Å². The molecule has 3 N–H and O–H groups in total. The number of anilines is 1. The maximum absolute atomic E-state index is 11.6. The summed E-state index contributed by atoms with van der Waals surface area (Å²) in [7, 11) is 0. The summed E-state index contributed by atoms with van der Waals surface area (Å²) in [6, 6.07) is 3.12. The lowest BCUT2D eigenvalue weighted by Crippen LogP contribution is -2.18. The van der Waals surface area contributed by atoms with Crippen LogP contribution in [0, 0.1) is 5.92 Å². The molecule has 2 heterocycles. The first kappa shape index (κ1) is 13.7. The summed E-state index contributed by atoms with van der Waals surface area (Å²) in [6.45, 7) is 1.87. The summed E-state index contributed by atoms with van der Waals surface area (Å²) in [4.78, 5) is 15.5. The topological polar surface area (TPSA) is 74.2 Å². The van der Waals surface area contributed by atoms with E-state index in [2.05, 4.69) is 15.6 Å². The Labute approximate surface area is 106 Å². The minimum Gasteiger partial charge on any atom is -0.504 e. The molecule has 2 rings (SSSR count). The van der Waals surface area contributed by atoms with E-state index in [-0.39, 0.29) is 29.9 Å². The highest BCUT2D eigenvalue weighted by Gasteiger charge is 2.18. The van der Waals surface area contributed by atoms with Crippen molar-refractivity contribution in [2.45, 2.75) is 12.8 Å². The number of hydrogen-bond donors (Lipinski definition) is 3. The van der Waals surface area contributed by atoms with Crippen molar-refractivity contribution in [3.05, 3.63) is 18.3 Å². The molecule has 1 atom stereocenters. The van der Waals surface area contributed by atoms with Gasteiger partial charge in [0.25, 0.3) is 0 Å². The van der Waals surface area contributed by atoms with Gasteiger partial charge < -0.3 is 15.7 Å². The van der Waals surface area contributed by atoms with Crippen molar-refractivity contribution in [3.63, 3.8) is 0 Å². The van der Waals surface area contributed by atoms with Gasteiger partial charge in [-0.25, -0.2) is 4.98 Å². The first-order chi connectivity index (χ1) is 7.75. The molecule has 1 fully saturated rings. The fourth-order valence-corrected chi connectivity index (χ4v) is 1.83. The van der Waals surface area contributed by atoms with Crippen molar-refractivity contribution in [1.82, 2.24) is 10.3 Å². The van der Waals surface area contributed by atoms with Crippen LogP contribution in [-0.4, -0.2) is 29.1 Å². The number of hydrogen-bond acceptors (Lipinski definition) is 4. The Kier molecular flexibility index (Phi) is 5.18. The van der Waals surface area contributed by atoms with Crippen molar-refractivity contribution in [3.8, 4) is 5.75 Å². The van der Waals surface area contributed by atoms with E-state index >= 15 is 0 Å². The molecule has 0 aliphatic carbocycles. The van der Waals surface area contributed by atoms with Crippen molar-refractivity contribution in [1.29, 1.82) is 0 Å². The predicted octanol–water partition coefficient (Wildman–Crippen LogP) is 1.15. The highest BCUT2D eigenvalue weighted by Crippen LogP contribution is 2.19. The van der Waals surface area contributed by atoms with Gasteiger partial charge in [-0.15, -0.1) is 12.4 Å². The van der Waals surface area contributed by atoms with Gasteiger partial charge in [-0.2, -0.15) is 0 Å². The fraction of sp³-hybridized carbons (Fsp3) is 0.455. The molecule has 0 radical (unpaired) electrons. The molecule has 0 aromatic carbocycles. The zero-order chi connectivity index (χ0) is 11.4. The van der Waals surface area contributed by atoms with E-state index < -0.39 is 0 Å². The Morgan fingerprint density at radius 1 is 1.65 bits per heavy atom. The van der Waals surface area contributed by atoms with Crippen LogP contribution in [0.15, 0.2) is 18.3 Å². The van der Waals surface area contributed by atoms with E-state index in [1.807, 2.05) is 0 Å². The van der Waals surface area contributed by atoms with Crippen LogP contribution in [0.4, 0.5) is 5.82 Å². The Morgan fingerprint density at radius 2 is 2.47 bits per heavy atom. The quantitative estimate of drug-likeness (QED) is 0.759. The minimum atomic E-state index is -0.0947. The highest BCUT2D eigenvalue weighted by atomic mass is 35.5. The number of aromatic hydroxyl groups is 1. The van der Waals surface area contributed by atoms with Gasteiger partial charge in [0, 0.05) is 12.6 Å². The Morgan fingerprint density at radius 3 is 3.12 bits per heavy atom. The van der Waals surface area contributed by atoms with Crippen LogP contribution in [0.3, 0.4) is 0 Å². The summed E-state index contributed by atoms with van der Waals surface area (Å²) >= 11 is 0. The summed E-state index contributed by atoms with van der Waals surface area (Å²) < 4.78 is 0. The van der Waals surface area contributed by atoms with Gasteiger partial charge in [-0.1, -0.05) is 0 Å². The molecule has 17 heavy (non-hydrogen) atoms. The Balaban J connectivity index is 0.00000144. The Hall–Kier alpha value is -1.33. The molecule has 1 unspecified atom stereocenters. The number of aromatic nitrogens is 1. The highest BCUT2D eigenvalue weighted by molar-refractivity contribution is 5.91. The number of pyridine rings is 1. The van der Waals surface area contributed by atoms with E-state index in [0.29, 0.717) is 12.3 Å². The van der Waals surface area contributed by atoms with Crippen LogP contribution in [0.1, 0.15) is 12.8 Å². The van der Waals surface area contributed by atoms with Crippen molar-refractivity contribution < 1.29 is 9.90 Å². The monoisotopic (exact) mass is 257 g/mol. The normalized spacial score (nSPS) is 18.5. The molecule has 0 spiro atoms. The van der Waals surface area contributed by atoms with Crippen LogP contribution >= 0.6 is 12.4 Å². The van der Waals surface area contributed by atoms with Crippen LogP contribution in [0.2, 0.25) is 0 Å². The van der Waals surface area contributed by atoms with Gasteiger partial charge in [0.15, 0.2) is 11.6 Å². The number of carbonyl (C=O) groups is 1. The summed E-state index contributed by atoms with van der Waals surface area (Å²) in [6.07, 6.45) is 3.04. The smallest absolute Gasteiger partial charge is 0.225 e. The molecular weight excluding hydrogens is 242 g/mol. The molecule has 0 bridgehead atoms. The second-order valence-corrected chi connectivity index (χ2v) is 3.98. The summed E-state index contributed by atoms with van der Waals surface area (Å²) in [5, 5.41) is 15.2. The number of nitrogens with zero attached hydrogens (tertiary/aromatic N) is 1. The zero-order valence-corrected chi connectivity index (χ0v) is 10.2. The Bertz CT molecular complexity index is 381.